The molecule has 1 aliphatic carbocycles. The quantitative estimate of drug-likeness (QED) is 0.505. The molecule has 1 aliphatic rings. The Labute approximate surface area is 64.7 Å². The SMILES string of the molecule is [Se]=C1[CH]/C=C\CCCC1. The summed E-state index contributed by atoms with van der Waals surface area (Å²) in [5.41, 5.74) is 0. The molecule has 0 aromatic heterocycles. The van der Waals surface area contributed by atoms with E-state index in [2.05, 4.69) is 34.1 Å². The third kappa shape index (κ3) is 2.98. The Bertz CT molecular complexity index is 125. The molecule has 0 aliphatic heterocycles. The second kappa shape index (κ2) is 4.03. The maximum absolute atomic E-state index is 3.06. The summed E-state index contributed by atoms with van der Waals surface area (Å²) in [5, 5.41) is 0. The van der Waals surface area contributed by atoms with Gasteiger partial charge in [0, 0.05) is 0 Å². The van der Waals surface area contributed by atoms with E-state index < -0.39 is 0 Å². The molecule has 1 radical (unpaired) electrons. The molecule has 0 atom stereocenters. The molecule has 0 amide bonds. The van der Waals surface area contributed by atoms with Crippen LogP contribution in [0.1, 0.15) is 25.7 Å². The van der Waals surface area contributed by atoms with Gasteiger partial charge in [-0.25, -0.2) is 0 Å². The van der Waals surface area contributed by atoms with Crippen molar-refractivity contribution in [2.45, 2.75) is 25.7 Å². The predicted molar refractivity (Wildman–Crippen MR) is 42.7 cm³/mol. The van der Waals surface area contributed by atoms with Gasteiger partial charge < -0.3 is 0 Å². The Hall–Kier alpha value is 0.129. The zero-order chi connectivity index (χ0) is 6.53. The van der Waals surface area contributed by atoms with Crippen molar-refractivity contribution in [1.82, 2.24) is 0 Å². The van der Waals surface area contributed by atoms with Crippen molar-refractivity contribution in [2.24, 2.45) is 0 Å². The van der Waals surface area contributed by atoms with E-state index in [4.69, 9.17) is 0 Å². The normalized spacial score (nSPS) is 24.7. The monoisotopic (exact) mass is 187 g/mol. The maximum atomic E-state index is 3.06. The molecule has 0 heterocycles. The molecule has 9 heavy (non-hydrogen) atoms. The van der Waals surface area contributed by atoms with E-state index in [9.17, 15) is 0 Å². The van der Waals surface area contributed by atoms with Crippen LogP contribution in [0.25, 0.3) is 0 Å². The fourth-order valence-electron chi connectivity index (χ4n) is 0.916. The fraction of sp³-hybridized carbons (Fsp3) is 0.500. The van der Waals surface area contributed by atoms with Crippen LogP contribution >= 0.6 is 0 Å². The van der Waals surface area contributed by atoms with Crippen LogP contribution in [0.5, 0.6) is 0 Å². The molecule has 0 aromatic carbocycles. The zero-order valence-corrected chi connectivity index (χ0v) is 7.18. The molecule has 0 aromatic rings. The van der Waals surface area contributed by atoms with Gasteiger partial charge in [-0.05, 0) is 0 Å². The average molecular weight is 186 g/mol. The molecule has 0 nitrogen and oxygen atoms in total. The Morgan fingerprint density at radius 1 is 1.33 bits per heavy atom. The summed E-state index contributed by atoms with van der Waals surface area (Å²) in [4.78, 5) is 0. The first-order chi connectivity index (χ1) is 4.39. The molecule has 0 N–H and O–H groups in total. The van der Waals surface area contributed by atoms with E-state index in [-0.39, 0.29) is 0 Å². The first kappa shape index (κ1) is 7.24. The standard InChI is InChI=1S/C8H11Se/c9-8-6-4-2-1-3-5-7-8/h2,4,6H,1,3,5,7H2/b4-2-. The van der Waals surface area contributed by atoms with Crippen LogP contribution < -0.4 is 0 Å². The van der Waals surface area contributed by atoms with Gasteiger partial charge in [-0.1, -0.05) is 0 Å². The Morgan fingerprint density at radius 2 is 2.22 bits per heavy atom. The second-order valence-electron chi connectivity index (χ2n) is 2.31. The topological polar surface area (TPSA) is 0 Å². The number of hydrogen-bond acceptors (Lipinski definition) is 0. The van der Waals surface area contributed by atoms with Crippen molar-refractivity contribution >= 4 is 20.0 Å². The van der Waals surface area contributed by atoms with Gasteiger partial charge in [0.05, 0.1) is 0 Å². The van der Waals surface area contributed by atoms with Gasteiger partial charge >= 0.3 is 64.2 Å². The molecular weight excluding hydrogens is 175 g/mol. The summed E-state index contributed by atoms with van der Waals surface area (Å²) in [6.45, 7) is 0. The van der Waals surface area contributed by atoms with Gasteiger partial charge in [-0.2, -0.15) is 0 Å². The Balaban J connectivity index is 2.37. The summed E-state index contributed by atoms with van der Waals surface area (Å²) in [7, 11) is 0. The Kier molecular flexibility index (Phi) is 3.24. The first-order valence-electron chi connectivity index (χ1n) is 3.42. The van der Waals surface area contributed by atoms with Crippen LogP contribution in [0.3, 0.4) is 0 Å². The van der Waals surface area contributed by atoms with E-state index in [1.54, 1.807) is 0 Å². The molecule has 1 rings (SSSR count). The van der Waals surface area contributed by atoms with Crippen LogP contribution in [0.4, 0.5) is 0 Å². The summed E-state index contributed by atoms with van der Waals surface area (Å²) >= 11 is 3.06. The predicted octanol–water partition coefficient (Wildman–Crippen LogP) is 1.66. The van der Waals surface area contributed by atoms with E-state index in [1.165, 1.54) is 30.1 Å². The van der Waals surface area contributed by atoms with E-state index in [0.29, 0.717) is 0 Å². The summed E-state index contributed by atoms with van der Waals surface area (Å²) in [6, 6.07) is 0. The van der Waals surface area contributed by atoms with E-state index in [1.807, 2.05) is 0 Å². The Morgan fingerprint density at radius 3 is 3.11 bits per heavy atom. The van der Waals surface area contributed by atoms with Gasteiger partial charge in [0.15, 0.2) is 0 Å². The van der Waals surface area contributed by atoms with Crippen molar-refractivity contribution in [1.29, 1.82) is 0 Å². The zero-order valence-electron chi connectivity index (χ0n) is 5.47. The van der Waals surface area contributed by atoms with Crippen LogP contribution in [-0.2, 0) is 0 Å². The molecular formula is C8H11Se. The van der Waals surface area contributed by atoms with Gasteiger partial charge in [0.25, 0.3) is 0 Å². The molecule has 1 heteroatoms. The average Bonchev–Trinajstić information content (AvgIpc) is 1.79. The first-order valence-corrected chi connectivity index (χ1v) is 4.28. The fourth-order valence-corrected chi connectivity index (χ4v) is 1.38. The van der Waals surface area contributed by atoms with Gasteiger partial charge in [0.2, 0.25) is 0 Å². The van der Waals surface area contributed by atoms with Gasteiger partial charge in [0.1, 0.15) is 0 Å². The summed E-state index contributed by atoms with van der Waals surface area (Å²) in [5.74, 6) is 0. The molecule has 0 unspecified atom stereocenters. The van der Waals surface area contributed by atoms with Crippen LogP contribution in [0.15, 0.2) is 12.2 Å². The molecule has 0 fully saturated rings. The van der Waals surface area contributed by atoms with Crippen molar-refractivity contribution in [2.75, 3.05) is 0 Å². The third-order valence-electron chi connectivity index (χ3n) is 1.46. The molecule has 0 spiro atoms. The van der Waals surface area contributed by atoms with Crippen LogP contribution in [0, 0.1) is 6.42 Å². The van der Waals surface area contributed by atoms with Crippen molar-refractivity contribution in [3.8, 4) is 0 Å². The molecule has 0 saturated heterocycles. The number of rotatable bonds is 0. The number of allylic oxidation sites excluding steroid dienone is 2. The summed E-state index contributed by atoms with van der Waals surface area (Å²) < 4.78 is 1.39. The van der Waals surface area contributed by atoms with E-state index in [0.717, 1.165) is 0 Å². The minimum atomic E-state index is 1.24. The van der Waals surface area contributed by atoms with Gasteiger partial charge in [-0.15, -0.1) is 0 Å². The molecule has 0 saturated carbocycles. The molecule has 49 valence electrons. The minimum absolute atomic E-state index is 1.24. The van der Waals surface area contributed by atoms with Crippen molar-refractivity contribution in [3.63, 3.8) is 0 Å². The van der Waals surface area contributed by atoms with Crippen molar-refractivity contribution in [3.05, 3.63) is 18.6 Å². The molecule has 0 bridgehead atoms. The number of hydrogen-bond donors (Lipinski definition) is 0. The second-order valence-corrected chi connectivity index (χ2v) is 3.41. The van der Waals surface area contributed by atoms with Crippen molar-refractivity contribution < 1.29 is 0 Å². The van der Waals surface area contributed by atoms with Crippen LogP contribution in [0.2, 0.25) is 0 Å². The van der Waals surface area contributed by atoms with E-state index >= 15 is 0 Å². The van der Waals surface area contributed by atoms with Gasteiger partial charge in [-0.3, -0.25) is 0 Å². The van der Waals surface area contributed by atoms with Crippen LogP contribution in [-0.4, -0.2) is 20.0 Å². The summed E-state index contributed by atoms with van der Waals surface area (Å²) in [6.07, 6.45) is 11.7. The third-order valence-corrected chi connectivity index (χ3v) is 2.18.